The average molecular weight is 314 g/mol. The van der Waals surface area contributed by atoms with Crippen LogP contribution in [0.2, 0.25) is 0 Å². The summed E-state index contributed by atoms with van der Waals surface area (Å²) in [4.78, 5) is 12.0. The summed E-state index contributed by atoms with van der Waals surface area (Å²) in [5.41, 5.74) is 4.67. The number of nitrogens with zero attached hydrogens (tertiary/aromatic N) is 1. The number of nitrogens with one attached hydrogen (secondary N) is 2. The van der Waals surface area contributed by atoms with Gasteiger partial charge in [0.1, 0.15) is 10.8 Å². The minimum absolute atomic E-state index is 0.00286. The Morgan fingerprint density at radius 3 is 2.71 bits per heavy atom. The van der Waals surface area contributed by atoms with Gasteiger partial charge >= 0.3 is 6.18 Å². The highest BCUT2D eigenvalue weighted by molar-refractivity contribution is 7.80. The molecule has 0 fully saturated rings. The number of halogens is 3. The van der Waals surface area contributed by atoms with Gasteiger partial charge in [-0.1, -0.05) is 18.3 Å². The highest BCUT2D eigenvalue weighted by Gasteiger charge is 2.31. The fraction of sp³-hybridized carbons (Fsp3) is 0.0833. The van der Waals surface area contributed by atoms with Crippen molar-refractivity contribution in [2.45, 2.75) is 6.18 Å². The van der Waals surface area contributed by atoms with Gasteiger partial charge in [-0.05, 0) is 18.2 Å². The lowest BCUT2D eigenvalue weighted by Gasteiger charge is -2.09. The molecule has 0 atom stereocenters. The molecule has 0 aliphatic carbocycles. The Morgan fingerprint density at radius 2 is 2.10 bits per heavy atom. The normalized spacial score (nSPS) is 11.2. The van der Waals surface area contributed by atoms with E-state index in [0.29, 0.717) is 5.56 Å². The van der Waals surface area contributed by atoms with Crippen LogP contribution >= 0.6 is 12.2 Å². The molecular formula is C12H9F3N4OS. The summed E-state index contributed by atoms with van der Waals surface area (Å²) in [6.07, 6.45) is -3.21. The minimum Gasteiger partial charge on any atom is -0.389 e. The second-order valence-corrected chi connectivity index (χ2v) is 4.50. The zero-order valence-electron chi connectivity index (χ0n) is 10.4. The summed E-state index contributed by atoms with van der Waals surface area (Å²) in [6.45, 7) is 0. The Morgan fingerprint density at radius 1 is 1.38 bits per heavy atom. The predicted molar refractivity (Wildman–Crippen MR) is 73.9 cm³/mol. The molecule has 2 aromatic rings. The van der Waals surface area contributed by atoms with Crippen LogP contribution in [0.15, 0.2) is 30.5 Å². The molecular weight excluding hydrogens is 305 g/mol. The third kappa shape index (κ3) is 3.37. The fourth-order valence-corrected chi connectivity index (χ4v) is 1.75. The predicted octanol–water partition coefficient (Wildman–Crippen LogP) is 2.32. The summed E-state index contributed by atoms with van der Waals surface area (Å²) in [5.74, 6) is -0.604. The van der Waals surface area contributed by atoms with Crippen molar-refractivity contribution in [3.05, 3.63) is 47.2 Å². The lowest BCUT2D eigenvalue weighted by atomic mass is 10.1. The third-order valence-electron chi connectivity index (χ3n) is 2.60. The van der Waals surface area contributed by atoms with Gasteiger partial charge in [0, 0.05) is 5.56 Å². The number of nitrogens with two attached hydrogens (primary N) is 1. The first-order valence-electron chi connectivity index (χ1n) is 5.61. The third-order valence-corrected chi connectivity index (χ3v) is 2.82. The maximum atomic E-state index is 12.6. The van der Waals surface area contributed by atoms with E-state index in [2.05, 4.69) is 15.5 Å². The number of thiocarbonyl (C=S) groups is 1. The molecule has 0 spiro atoms. The number of amides is 1. The van der Waals surface area contributed by atoms with Crippen LogP contribution in [0.25, 0.3) is 0 Å². The molecule has 0 aliphatic rings. The maximum absolute atomic E-state index is 12.6. The fourth-order valence-electron chi connectivity index (χ4n) is 1.59. The van der Waals surface area contributed by atoms with Crippen LogP contribution in [0.4, 0.5) is 19.0 Å². The molecule has 0 radical (unpaired) electrons. The van der Waals surface area contributed by atoms with E-state index in [1.54, 1.807) is 0 Å². The number of carbonyl (C=O) groups excluding carboxylic acids is 1. The van der Waals surface area contributed by atoms with E-state index in [9.17, 15) is 18.0 Å². The van der Waals surface area contributed by atoms with E-state index in [0.717, 1.165) is 18.2 Å². The highest BCUT2D eigenvalue weighted by atomic mass is 32.1. The molecule has 2 rings (SSSR count). The van der Waals surface area contributed by atoms with Gasteiger partial charge in [-0.2, -0.15) is 18.3 Å². The van der Waals surface area contributed by atoms with Crippen molar-refractivity contribution in [2.75, 3.05) is 5.32 Å². The van der Waals surface area contributed by atoms with Crippen LogP contribution in [0, 0.1) is 0 Å². The van der Waals surface area contributed by atoms with Crippen LogP contribution < -0.4 is 11.1 Å². The molecule has 0 bridgehead atoms. The molecule has 9 heteroatoms. The number of aromatic amines is 1. The van der Waals surface area contributed by atoms with Crippen LogP contribution in [0.3, 0.4) is 0 Å². The molecule has 1 amide bonds. The van der Waals surface area contributed by atoms with Gasteiger partial charge in [-0.3, -0.25) is 9.89 Å². The van der Waals surface area contributed by atoms with Crippen LogP contribution in [-0.4, -0.2) is 21.1 Å². The van der Waals surface area contributed by atoms with Crippen molar-refractivity contribution < 1.29 is 18.0 Å². The smallest absolute Gasteiger partial charge is 0.389 e. The van der Waals surface area contributed by atoms with Gasteiger partial charge in [0.05, 0.1) is 17.3 Å². The number of hydrogen-bond donors (Lipinski definition) is 3. The summed E-state index contributed by atoms with van der Waals surface area (Å²) in [6, 6.07) is 4.06. The van der Waals surface area contributed by atoms with Crippen LogP contribution in [0.1, 0.15) is 21.5 Å². The molecule has 4 N–H and O–H groups in total. The topological polar surface area (TPSA) is 83.8 Å². The van der Waals surface area contributed by atoms with E-state index in [4.69, 9.17) is 18.0 Å². The van der Waals surface area contributed by atoms with E-state index >= 15 is 0 Å². The molecule has 110 valence electrons. The zero-order chi connectivity index (χ0) is 15.6. The Labute approximate surface area is 122 Å². The molecule has 1 aromatic carbocycles. The largest absolute Gasteiger partial charge is 0.416 e. The minimum atomic E-state index is -4.52. The Bertz CT molecular complexity index is 696. The molecule has 0 saturated carbocycles. The molecule has 1 heterocycles. The van der Waals surface area contributed by atoms with Gasteiger partial charge < -0.3 is 11.1 Å². The monoisotopic (exact) mass is 314 g/mol. The van der Waals surface area contributed by atoms with Crippen molar-refractivity contribution in [3.63, 3.8) is 0 Å². The number of aromatic nitrogens is 2. The number of anilines is 1. The highest BCUT2D eigenvalue weighted by Crippen LogP contribution is 2.29. The maximum Gasteiger partial charge on any atom is 0.416 e. The number of carbonyl (C=O) groups is 1. The first-order chi connectivity index (χ1) is 9.79. The molecule has 0 unspecified atom stereocenters. The summed E-state index contributed by atoms with van der Waals surface area (Å²) < 4.78 is 37.8. The Balaban J connectivity index is 2.25. The van der Waals surface area contributed by atoms with Crippen LogP contribution in [0.5, 0.6) is 0 Å². The van der Waals surface area contributed by atoms with Gasteiger partial charge in [-0.15, -0.1) is 0 Å². The summed E-state index contributed by atoms with van der Waals surface area (Å²) in [5, 5.41) is 8.50. The first kappa shape index (κ1) is 15.0. The van der Waals surface area contributed by atoms with Crippen LogP contribution in [-0.2, 0) is 6.18 Å². The van der Waals surface area contributed by atoms with E-state index in [-0.39, 0.29) is 16.4 Å². The van der Waals surface area contributed by atoms with Crippen molar-refractivity contribution in [3.8, 4) is 0 Å². The van der Waals surface area contributed by atoms with Gasteiger partial charge in [0.2, 0.25) is 0 Å². The molecule has 21 heavy (non-hydrogen) atoms. The molecule has 1 aromatic heterocycles. The molecule has 0 saturated heterocycles. The van der Waals surface area contributed by atoms with Crippen molar-refractivity contribution >= 4 is 28.9 Å². The lowest BCUT2D eigenvalue weighted by Crippen LogP contribution is -2.17. The SMILES string of the molecule is NC(=S)c1cn[nH]c1NC(=O)c1cccc(C(F)(F)F)c1. The van der Waals surface area contributed by atoms with Crippen molar-refractivity contribution in [1.82, 2.24) is 10.2 Å². The van der Waals surface area contributed by atoms with E-state index in [1.807, 2.05) is 0 Å². The number of hydrogen-bond acceptors (Lipinski definition) is 3. The van der Waals surface area contributed by atoms with Gasteiger partial charge in [-0.25, -0.2) is 0 Å². The number of alkyl halides is 3. The first-order valence-corrected chi connectivity index (χ1v) is 6.01. The second-order valence-electron chi connectivity index (χ2n) is 4.06. The second kappa shape index (κ2) is 5.52. The van der Waals surface area contributed by atoms with E-state index in [1.165, 1.54) is 12.3 Å². The number of H-pyrrole nitrogens is 1. The Kier molecular flexibility index (Phi) is 3.94. The number of rotatable bonds is 3. The standard InChI is InChI=1S/C12H9F3N4OS/c13-12(14,15)7-3-1-2-6(4-7)11(20)18-10-8(9(16)21)5-17-19-10/h1-5H,(H2,16,21)(H2,17,18,19,20). The number of benzene rings is 1. The summed E-state index contributed by atoms with van der Waals surface area (Å²) >= 11 is 4.76. The summed E-state index contributed by atoms with van der Waals surface area (Å²) in [7, 11) is 0. The molecule has 0 aliphatic heterocycles. The van der Waals surface area contributed by atoms with Gasteiger partial charge in [0.15, 0.2) is 0 Å². The van der Waals surface area contributed by atoms with Crippen molar-refractivity contribution in [1.29, 1.82) is 0 Å². The van der Waals surface area contributed by atoms with E-state index < -0.39 is 17.6 Å². The van der Waals surface area contributed by atoms with Crippen molar-refractivity contribution in [2.24, 2.45) is 5.73 Å². The zero-order valence-corrected chi connectivity index (χ0v) is 11.2. The quantitative estimate of drug-likeness (QED) is 0.759. The molecule has 5 nitrogen and oxygen atoms in total. The van der Waals surface area contributed by atoms with Gasteiger partial charge in [0.25, 0.3) is 5.91 Å². The Hall–Kier alpha value is -2.42. The lowest BCUT2D eigenvalue weighted by molar-refractivity contribution is -0.137. The average Bonchev–Trinajstić information content (AvgIpc) is 2.86.